The van der Waals surface area contributed by atoms with Crippen molar-refractivity contribution in [3.05, 3.63) is 22.2 Å². The zero-order chi connectivity index (χ0) is 13.9. The monoisotopic (exact) mass is 312 g/mol. The predicted molar refractivity (Wildman–Crippen MR) is 72.4 cm³/mol. The SMILES string of the molecule is CCC(O)CNS(=O)(=O)c1ccc(Cl)c(N)c1Cl. The van der Waals surface area contributed by atoms with E-state index in [1.807, 2.05) is 0 Å². The van der Waals surface area contributed by atoms with Crippen molar-refractivity contribution in [2.45, 2.75) is 24.3 Å². The highest BCUT2D eigenvalue weighted by atomic mass is 35.5. The summed E-state index contributed by atoms with van der Waals surface area (Å²) in [6.07, 6.45) is -0.304. The Morgan fingerprint density at radius 3 is 2.61 bits per heavy atom. The van der Waals surface area contributed by atoms with E-state index in [4.69, 9.17) is 28.9 Å². The number of nitrogens with one attached hydrogen (secondary N) is 1. The Hall–Kier alpha value is -0.530. The molecule has 1 rings (SSSR count). The molecule has 1 aromatic rings. The van der Waals surface area contributed by atoms with Crippen molar-refractivity contribution in [3.8, 4) is 0 Å². The molecular formula is C10H14Cl2N2O3S. The van der Waals surface area contributed by atoms with Crippen LogP contribution in [0.15, 0.2) is 17.0 Å². The molecule has 0 heterocycles. The van der Waals surface area contributed by atoms with E-state index < -0.39 is 16.1 Å². The van der Waals surface area contributed by atoms with Crippen LogP contribution in [0.4, 0.5) is 5.69 Å². The van der Waals surface area contributed by atoms with Crippen molar-refractivity contribution in [1.82, 2.24) is 4.72 Å². The summed E-state index contributed by atoms with van der Waals surface area (Å²) in [5.41, 5.74) is 5.57. The third-order valence-corrected chi connectivity index (χ3v) is 4.68. The van der Waals surface area contributed by atoms with E-state index in [1.54, 1.807) is 6.92 Å². The van der Waals surface area contributed by atoms with E-state index in [2.05, 4.69) is 4.72 Å². The van der Waals surface area contributed by atoms with Crippen LogP contribution in [-0.2, 0) is 10.0 Å². The van der Waals surface area contributed by atoms with Gasteiger partial charge in [0.05, 0.1) is 21.8 Å². The molecule has 5 nitrogen and oxygen atoms in total. The lowest BCUT2D eigenvalue weighted by atomic mass is 10.3. The van der Waals surface area contributed by atoms with E-state index in [9.17, 15) is 13.5 Å². The van der Waals surface area contributed by atoms with Gasteiger partial charge in [0, 0.05) is 6.54 Å². The Kier molecular flexibility index (Phi) is 5.24. The fraction of sp³-hybridized carbons (Fsp3) is 0.400. The van der Waals surface area contributed by atoms with E-state index >= 15 is 0 Å². The molecule has 0 amide bonds. The van der Waals surface area contributed by atoms with Crippen LogP contribution in [0.3, 0.4) is 0 Å². The summed E-state index contributed by atoms with van der Waals surface area (Å²) < 4.78 is 26.1. The summed E-state index contributed by atoms with van der Waals surface area (Å²) >= 11 is 11.6. The van der Waals surface area contributed by atoms with Crippen molar-refractivity contribution >= 4 is 38.9 Å². The maximum atomic E-state index is 11.9. The van der Waals surface area contributed by atoms with Crippen LogP contribution in [0.25, 0.3) is 0 Å². The lowest BCUT2D eigenvalue weighted by Gasteiger charge is -2.12. The van der Waals surface area contributed by atoms with Crippen LogP contribution in [0.5, 0.6) is 0 Å². The van der Waals surface area contributed by atoms with Crippen LogP contribution in [0.2, 0.25) is 10.0 Å². The minimum absolute atomic E-state index is 0.0113. The molecule has 0 aliphatic rings. The summed E-state index contributed by atoms with van der Waals surface area (Å²) in [5.74, 6) is 0. The lowest BCUT2D eigenvalue weighted by molar-refractivity contribution is 0.174. The molecule has 0 spiro atoms. The summed E-state index contributed by atoms with van der Waals surface area (Å²) in [6.45, 7) is 1.66. The molecule has 8 heteroatoms. The molecule has 0 saturated heterocycles. The Labute approximate surface area is 116 Å². The topological polar surface area (TPSA) is 92.4 Å². The fourth-order valence-corrected chi connectivity index (χ4v) is 3.02. The average Bonchev–Trinajstić information content (AvgIpc) is 2.32. The largest absolute Gasteiger partial charge is 0.396 e. The molecule has 0 aliphatic carbocycles. The van der Waals surface area contributed by atoms with Gasteiger partial charge in [-0.2, -0.15) is 0 Å². The zero-order valence-corrected chi connectivity index (χ0v) is 12.0. The third kappa shape index (κ3) is 3.49. The molecule has 0 radical (unpaired) electrons. The van der Waals surface area contributed by atoms with Gasteiger partial charge < -0.3 is 10.8 Å². The van der Waals surface area contributed by atoms with Crippen LogP contribution in [-0.4, -0.2) is 26.2 Å². The van der Waals surface area contributed by atoms with Gasteiger partial charge in [-0.1, -0.05) is 30.1 Å². The Balaban J connectivity index is 3.03. The standard InChI is InChI=1S/C10H14Cl2N2O3S/c1-2-6(15)5-14-18(16,17)8-4-3-7(11)10(13)9(8)12/h3-4,6,14-15H,2,5,13H2,1H3. The molecule has 4 N–H and O–H groups in total. The van der Waals surface area contributed by atoms with Crippen molar-refractivity contribution in [2.24, 2.45) is 0 Å². The lowest BCUT2D eigenvalue weighted by Crippen LogP contribution is -2.32. The van der Waals surface area contributed by atoms with Gasteiger partial charge in [-0.3, -0.25) is 0 Å². The van der Waals surface area contributed by atoms with Gasteiger partial charge >= 0.3 is 0 Å². The molecule has 1 unspecified atom stereocenters. The first-order valence-corrected chi connectivity index (χ1v) is 7.44. The van der Waals surface area contributed by atoms with Crippen molar-refractivity contribution in [2.75, 3.05) is 12.3 Å². The van der Waals surface area contributed by atoms with Gasteiger partial charge in [-0.25, -0.2) is 13.1 Å². The highest BCUT2D eigenvalue weighted by Gasteiger charge is 2.21. The van der Waals surface area contributed by atoms with Gasteiger partial charge in [-0.05, 0) is 18.6 Å². The minimum Gasteiger partial charge on any atom is -0.396 e. The number of hydrogen-bond donors (Lipinski definition) is 3. The Bertz CT molecular complexity index is 534. The Morgan fingerprint density at radius 1 is 1.44 bits per heavy atom. The highest BCUT2D eigenvalue weighted by Crippen LogP contribution is 2.32. The summed E-state index contributed by atoms with van der Waals surface area (Å²) in [7, 11) is -3.82. The van der Waals surface area contributed by atoms with E-state index in [0.717, 1.165) is 0 Å². The maximum Gasteiger partial charge on any atom is 0.242 e. The molecule has 0 saturated carbocycles. The van der Waals surface area contributed by atoms with Crippen molar-refractivity contribution in [3.63, 3.8) is 0 Å². The van der Waals surface area contributed by atoms with E-state index in [-0.39, 0.29) is 27.2 Å². The van der Waals surface area contributed by atoms with Crippen LogP contribution in [0, 0.1) is 0 Å². The second-order valence-electron chi connectivity index (χ2n) is 3.69. The number of nitrogens with two attached hydrogens (primary N) is 1. The van der Waals surface area contributed by atoms with Gasteiger partial charge in [0.2, 0.25) is 10.0 Å². The summed E-state index contributed by atoms with van der Waals surface area (Å²) in [4.78, 5) is -0.158. The van der Waals surface area contributed by atoms with Crippen LogP contribution in [0.1, 0.15) is 13.3 Å². The fourth-order valence-electron chi connectivity index (χ4n) is 1.18. The minimum atomic E-state index is -3.82. The van der Waals surface area contributed by atoms with Crippen LogP contribution >= 0.6 is 23.2 Å². The molecule has 0 aliphatic heterocycles. The second-order valence-corrected chi connectivity index (χ2v) is 6.21. The average molecular weight is 313 g/mol. The van der Waals surface area contributed by atoms with Gasteiger partial charge in [-0.15, -0.1) is 0 Å². The van der Waals surface area contributed by atoms with Crippen LogP contribution < -0.4 is 10.5 Å². The number of aliphatic hydroxyl groups excluding tert-OH is 1. The quantitative estimate of drug-likeness (QED) is 0.720. The van der Waals surface area contributed by atoms with Crippen molar-refractivity contribution in [1.29, 1.82) is 0 Å². The third-order valence-electron chi connectivity index (χ3n) is 2.36. The number of aliphatic hydroxyl groups is 1. The molecule has 1 aromatic carbocycles. The molecule has 102 valence electrons. The molecule has 0 bridgehead atoms. The Morgan fingerprint density at radius 2 is 2.06 bits per heavy atom. The molecule has 1 atom stereocenters. The maximum absolute atomic E-state index is 11.9. The second kappa shape index (κ2) is 6.08. The predicted octanol–water partition coefficient (Wildman–Crippen LogP) is 1.62. The zero-order valence-electron chi connectivity index (χ0n) is 9.65. The smallest absolute Gasteiger partial charge is 0.242 e. The number of sulfonamides is 1. The first-order valence-electron chi connectivity index (χ1n) is 5.20. The molecular weight excluding hydrogens is 299 g/mol. The number of benzene rings is 1. The normalized spacial score (nSPS) is 13.6. The number of anilines is 1. The number of hydrogen-bond acceptors (Lipinski definition) is 4. The van der Waals surface area contributed by atoms with Gasteiger partial charge in [0.25, 0.3) is 0 Å². The van der Waals surface area contributed by atoms with E-state index in [0.29, 0.717) is 6.42 Å². The van der Waals surface area contributed by atoms with Gasteiger partial charge in [0.1, 0.15) is 4.90 Å². The first kappa shape index (κ1) is 15.5. The first-order chi connectivity index (χ1) is 8.29. The van der Waals surface area contributed by atoms with E-state index in [1.165, 1.54) is 12.1 Å². The van der Waals surface area contributed by atoms with Crippen molar-refractivity contribution < 1.29 is 13.5 Å². The summed E-state index contributed by atoms with van der Waals surface area (Å²) in [5, 5.41) is 9.39. The van der Waals surface area contributed by atoms with Gasteiger partial charge in [0.15, 0.2) is 0 Å². The molecule has 0 fully saturated rings. The highest BCUT2D eigenvalue weighted by molar-refractivity contribution is 7.89. The number of rotatable bonds is 5. The summed E-state index contributed by atoms with van der Waals surface area (Å²) in [6, 6.07) is 2.62. The number of nitrogen functional groups attached to an aromatic ring is 1. The molecule has 18 heavy (non-hydrogen) atoms. The number of halogens is 2. The molecule has 0 aromatic heterocycles.